The number of nitrogens with zero attached hydrogens (tertiary/aromatic N) is 4. The van der Waals surface area contributed by atoms with Gasteiger partial charge < -0.3 is 0 Å². The van der Waals surface area contributed by atoms with Gasteiger partial charge in [0.25, 0.3) is 0 Å². The Morgan fingerprint density at radius 1 is 0.923 bits per heavy atom. The second-order valence-corrected chi connectivity index (χ2v) is 7.42. The van der Waals surface area contributed by atoms with E-state index >= 15 is 0 Å². The standard InChI is InChI=1S/C21H12N4S/c1-12-7-10-18(26-12)13-8-9-16-17(11-13)24-19-14-5-3-4-6-15(14)20(25-22-2)21(19)23-16/h3-11H,1H3/b25-20+. The van der Waals surface area contributed by atoms with Gasteiger partial charge in [0.1, 0.15) is 5.69 Å². The first-order valence-electron chi connectivity index (χ1n) is 8.18. The topological polar surface area (TPSA) is 42.5 Å². The summed E-state index contributed by atoms with van der Waals surface area (Å²) in [5.41, 5.74) is 6.81. The SMILES string of the molecule is [C-]#[N+]/N=C1\c2ccccc2-c2nc3cc(-c4ccc(C)s4)ccc3nc21. The Bertz CT molecular complexity index is 1260. The molecule has 0 radical (unpaired) electrons. The minimum atomic E-state index is 0.609. The monoisotopic (exact) mass is 352 g/mol. The lowest BCUT2D eigenvalue weighted by atomic mass is 10.1. The summed E-state index contributed by atoms with van der Waals surface area (Å²) in [6.07, 6.45) is 0. The third-order valence-corrected chi connectivity index (χ3v) is 5.55. The van der Waals surface area contributed by atoms with Crippen LogP contribution in [-0.4, -0.2) is 15.7 Å². The van der Waals surface area contributed by atoms with Crippen LogP contribution in [0.15, 0.2) is 59.7 Å². The van der Waals surface area contributed by atoms with Crippen molar-refractivity contribution < 1.29 is 0 Å². The van der Waals surface area contributed by atoms with Crippen molar-refractivity contribution >= 4 is 28.1 Å². The van der Waals surface area contributed by atoms with Gasteiger partial charge in [-0.25, -0.2) is 9.97 Å². The fraction of sp³-hybridized carbons (Fsp3) is 0.0476. The van der Waals surface area contributed by atoms with E-state index in [4.69, 9.17) is 16.5 Å². The number of hydrogen-bond donors (Lipinski definition) is 0. The normalized spacial score (nSPS) is 13.6. The Hall–Kier alpha value is -3.36. The van der Waals surface area contributed by atoms with Crippen LogP contribution in [-0.2, 0) is 0 Å². The van der Waals surface area contributed by atoms with Gasteiger partial charge in [-0.15, -0.1) is 16.3 Å². The highest BCUT2D eigenvalue weighted by Gasteiger charge is 2.30. The molecule has 0 unspecified atom stereocenters. The van der Waals surface area contributed by atoms with Gasteiger partial charge in [-0.1, -0.05) is 30.3 Å². The highest BCUT2D eigenvalue weighted by atomic mass is 32.1. The molecule has 0 saturated carbocycles. The van der Waals surface area contributed by atoms with Crippen molar-refractivity contribution in [1.82, 2.24) is 9.97 Å². The molecule has 0 spiro atoms. The van der Waals surface area contributed by atoms with E-state index in [1.807, 2.05) is 30.3 Å². The maximum atomic E-state index is 7.13. The summed E-state index contributed by atoms with van der Waals surface area (Å²) in [6, 6.07) is 18.3. The van der Waals surface area contributed by atoms with Crippen LogP contribution in [0.4, 0.5) is 0 Å². The first-order chi connectivity index (χ1) is 12.7. The predicted molar refractivity (Wildman–Crippen MR) is 105 cm³/mol. The molecule has 2 aromatic carbocycles. The zero-order valence-electron chi connectivity index (χ0n) is 13.9. The van der Waals surface area contributed by atoms with Gasteiger partial charge in [-0.2, -0.15) is 6.57 Å². The van der Waals surface area contributed by atoms with E-state index in [9.17, 15) is 0 Å². The number of hydrogen-bond acceptors (Lipinski definition) is 4. The van der Waals surface area contributed by atoms with Crippen LogP contribution in [0.2, 0.25) is 0 Å². The van der Waals surface area contributed by atoms with Crippen molar-refractivity contribution in [2.45, 2.75) is 6.92 Å². The van der Waals surface area contributed by atoms with E-state index in [-0.39, 0.29) is 0 Å². The zero-order valence-corrected chi connectivity index (χ0v) is 14.7. The summed E-state index contributed by atoms with van der Waals surface area (Å²) in [5, 5.41) is 3.99. The first kappa shape index (κ1) is 14.9. The Labute approximate surface area is 154 Å². The molecule has 4 aromatic rings. The third-order valence-electron chi connectivity index (χ3n) is 4.50. The molecule has 2 aromatic heterocycles. The lowest BCUT2D eigenvalue weighted by molar-refractivity contribution is 1.28. The Kier molecular flexibility index (Phi) is 3.21. The molecule has 0 aliphatic heterocycles. The van der Waals surface area contributed by atoms with Crippen LogP contribution in [0.5, 0.6) is 0 Å². The van der Waals surface area contributed by atoms with Gasteiger partial charge in [0.05, 0.1) is 21.8 Å². The Morgan fingerprint density at radius 2 is 1.73 bits per heavy atom. The average Bonchev–Trinajstić information content (AvgIpc) is 3.22. The minimum Gasteiger partial charge on any atom is -0.244 e. The number of fused-ring (bicyclic) bond motifs is 4. The van der Waals surface area contributed by atoms with Crippen molar-refractivity contribution in [1.29, 1.82) is 0 Å². The van der Waals surface area contributed by atoms with E-state index in [1.54, 1.807) is 11.3 Å². The van der Waals surface area contributed by atoms with E-state index in [0.29, 0.717) is 11.4 Å². The summed E-state index contributed by atoms with van der Waals surface area (Å²) < 4.78 is 0. The van der Waals surface area contributed by atoms with E-state index < -0.39 is 0 Å². The predicted octanol–water partition coefficient (Wildman–Crippen LogP) is 5.32. The molecule has 122 valence electrons. The van der Waals surface area contributed by atoms with E-state index in [0.717, 1.165) is 33.4 Å². The summed E-state index contributed by atoms with van der Waals surface area (Å²) in [4.78, 5) is 15.4. The maximum absolute atomic E-state index is 7.13. The van der Waals surface area contributed by atoms with Gasteiger partial charge in [-0.3, -0.25) is 0 Å². The second-order valence-electron chi connectivity index (χ2n) is 6.13. The minimum absolute atomic E-state index is 0.609. The molecule has 0 saturated heterocycles. The summed E-state index contributed by atoms with van der Waals surface area (Å²) >= 11 is 1.77. The van der Waals surface area contributed by atoms with Gasteiger partial charge in [0.15, 0.2) is 5.71 Å². The average molecular weight is 352 g/mol. The van der Waals surface area contributed by atoms with Gasteiger partial charge in [-0.05, 0) is 36.8 Å². The Balaban J connectivity index is 1.76. The van der Waals surface area contributed by atoms with Crippen LogP contribution >= 0.6 is 11.3 Å². The highest BCUT2D eigenvalue weighted by molar-refractivity contribution is 7.15. The van der Waals surface area contributed by atoms with Crippen molar-refractivity contribution in [3.63, 3.8) is 0 Å². The van der Waals surface area contributed by atoms with E-state index in [1.165, 1.54) is 9.75 Å². The van der Waals surface area contributed by atoms with Crippen molar-refractivity contribution in [3.8, 4) is 21.7 Å². The molecule has 5 rings (SSSR count). The molecule has 0 bridgehead atoms. The summed E-state index contributed by atoms with van der Waals surface area (Å²) in [5.74, 6) is 0. The quantitative estimate of drug-likeness (QED) is 0.303. The first-order valence-corrected chi connectivity index (χ1v) is 8.99. The van der Waals surface area contributed by atoms with Crippen molar-refractivity contribution in [2.24, 2.45) is 5.10 Å². The van der Waals surface area contributed by atoms with Crippen LogP contribution in [0.25, 0.3) is 37.7 Å². The van der Waals surface area contributed by atoms with Crippen LogP contribution < -0.4 is 0 Å². The van der Waals surface area contributed by atoms with Crippen LogP contribution in [0, 0.1) is 13.5 Å². The molecule has 0 N–H and O–H groups in total. The molecule has 0 amide bonds. The fourth-order valence-electron chi connectivity index (χ4n) is 3.33. The number of aromatic nitrogens is 2. The Morgan fingerprint density at radius 3 is 2.50 bits per heavy atom. The second kappa shape index (κ2) is 5.58. The van der Waals surface area contributed by atoms with E-state index in [2.05, 4.69) is 41.2 Å². The molecule has 1 aliphatic rings. The molecule has 26 heavy (non-hydrogen) atoms. The third kappa shape index (κ3) is 2.17. The molecular weight excluding hydrogens is 340 g/mol. The molecule has 2 heterocycles. The number of benzene rings is 2. The van der Waals surface area contributed by atoms with Crippen molar-refractivity contribution in [3.05, 3.63) is 82.3 Å². The summed E-state index contributed by atoms with van der Waals surface area (Å²) in [6.45, 7) is 9.24. The molecule has 4 nitrogen and oxygen atoms in total. The molecule has 5 heteroatoms. The highest BCUT2D eigenvalue weighted by Crippen LogP contribution is 2.36. The number of aryl methyl sites for hydroxylation is 1. The fourth-order valence-corrected chi connectivity index (χ4v) is 4.19. The molecule has 0 fully saturated rings. The zero-order chi connectivity index (χ0) is 17.7. The van der Waals surface area contributed by atoms with Gasteiger partial charge in [0.2, 0.25) is 0 Å². The summed E-state index contributed by atoms with van der Waals surface area (Å²) in [7, 11) is 0. The smallest absolute Gasteiger partial charge is 0.181 e. The lowest BCUT2D eigenvalue weighted by Gasteiger charge is -2.04. The van der Waals surface area contributed by atoms with Crippen LogP contribution in [0.3, 0.4) is 0 Å². The maximum Gasteiger partial charge on any atom is 0.181 e. The number of thiophene rings is 1. The van der Waals surface area contributed by atoms with Crippen LogP contribution in [0.1, 0.15) is 16.1 Å². The van der Waals surface area contributed by atoms with Crippen molar-refractivity contribution in [2.75, 3.05) is 0 Å². The molecule has 0 atom stereocenters. The number of rotatable bonds is 1. The molecular formula is C21H12N4S. The van der Waals surface area contributed by atoms with Gasteiger partial charge >= 0.3 is 0 Å². The van der Waals surface area contributed by atoms with Gasteiger partial charge in [0, 0.05) is 20.9 Å². The molecule has 1 aliphatic carbocycles. The lowest BCUT2D eigenvalue weighted by Crippen LogP contribution is -2.01. The largest absolute Gasteiger partial charge is 0.244 e.